The van der Waals surface area contributed by atoms with Gasteiger partial charge in [0.15, 0.2) is 0 Å². The van der Waals surface area contributed by atoms with Gasteiger partial charge in [-0.05, 0) is 0 Å². The predicted molar refractivity (Wildman–Crippen MR) is 16.4 cm³/mol. The molecule has 0 saturated heterocycles. The van der Waals surface area contributed by atoms with E-state index in [0.717, 1.165) is 6.29 Å². The molecule has 0 radical (unpaired) electrons. The zero-order valence-corrected chi connectivity index (χ0v) is 6.00. The summed E-state index contributed by atoms with van der Waals surface area (Å²) < 4.78 is 10.8. The number of alkyl halides is 2. The Kier molecular flexibility index (Phi) is 9.81. The predicted octanol–water partition coefficient (Wildman–Crippen LogP) is -2.37. The summed E-state index contributed by atoms with van der Waals surface area (Å²) in [5.41, 5.74) is -1.95. The summed E-state index contributed by atoms with van der Waals surface area (Å²) in [5, 5.41) is 0. The zero-order chi connectivity index (χ0) is 4.28. The second-order valence-corrected chi connectivity index (χ2v) is 0.802. The van der Waals surface area contributed by atoms with Crippen molar-refractivity contribution in [1.82, 2.24) is 0 Å². The Morgan fingerprint density at radius 3 is 2.00 bits per heavy atom. The van der Waals surface area contributed by atoms with Crippen LogP contribution in [0.2, 0.25) is 0 Å². The smallest absolute Gasteiger partial charge is 0.538 e. The van der Waals surface area contributed by atoms with Crippen LogP contribution in [0, 0.1) is 0 Å². The molecule has 0 aromatic rings. The number of hydrogen-bond acceptors (Lipinski definition) is 1. The number of rotatable bonds is 1. The second kappa shape index (κ2) is 5.89. The van der Waals surface area contributed by atoms with E-state index in [-0.39, 0.29) is 29.6 Å². The molecule has 0 heterocycles. The fourth-order valence-electron chi connectivity index (χ4n) is 0. The Morgan fingerprint density at radius 1 is 1.83 bits per heavy atom. The quantitative estimate of drug-likeness (QED) is 0.214. The molecule has 0 amide bonds. The van der Waals surface area contributed by atoms with Crippen molar-refractivity contribution in [2.24, 2.45) is 0 Å². The first kappa shape index (κ1) is 10.00. The van der Waals surface area contributed by atoms with E-state index in [1.54, 1.807) is 0 Å². The van der Waals surface area contributed by atoms with Crippen LogP contribution < -0.4 is 29.6 Å². The Labute approximate surface area is 62.1 Å². The van der Waals surface area contributed by atoms with Gasteiger partial charge < -0.3 is 4.79 Å². The summed E-state index contributed by atoms with van der Waals surface area (Å²) in [6, 6.07) is 0. The fourth-order valence-corrected chi connectivity index (χ4v) is 0. The van der Waals surface area contributed by atoms with Crippen LogP contribution in [-0.4, -0.2) is 11.9 Å². The Bertz CT molecular complexity index is 40.5. The largest absolute Gasteiger partial charge is 1.00 e. The molecule has 0 aliphatic carbocycles. The van der Waals surface area contributed by atoms with Gasteiger partial charge in [0.05, 0.1) is 5.63 Å². The van der Waals surface area contributed by atoms with Crippen LogP contribution >= 0.6 is 11.6 Å². The molecule has 6 heavy (non-hydrogen) atoms. The van der Waals surface area contributed by atoms with Crippen LogP contribution in [0.25, 0.3) is 0 Å². The van der Waals surface area contributed by atoms with Crippen LogP contribution in [0.5, 0.6) is 0 Å². The molecule has 30 valence electrons. The van der Waals surface area contributed by atoms with Crippen LogP contribution in [0.15, 0.2) is 0 Å². The summed E-state index contributed by atoms with van der Waals surface area (Å²) in [5.74, 6) is 0. The van der Waals surface area contributed by atoms with E-state index in [9.17, 15) is 4.39 Å². The minimum absolute atomic E-state index is 0. The van der Waals surface area contributed by atoms with Gasteiger partial charge in [-0.1, -0.05) is 0 Å². The van der Waals surface area contributed by atoms with E-state index in [1.807, 2.05) is 0 Å². The Morgan fingerprint density at radius 2 is 2.00 bits per heavy atom. The molecule has 0 aromatic heterocycles. The maximum atomic E-state index is 10.8. The molecule has 1 unspecified atom stereocenters. The average molecular weight is 118 g/mol. The molecule has 0 fully saturated rings. The monoisotopic (exact) mass is 118 g/mol. The van der Waals surface area contributed by atoms with Gasteiger partial charge in [-0.25, -0.2) is 6.29 Å². The first-order valence-corrected chi connectivity index (χ1v) is 1.37. The van der Waals surface area contributed by atoms with Crippen molar-refractivity contribution in [2.75, 3.05) is 0 Å². The molecule has 1 atom stereocenters. The molecule has 0 aliphatic heterocycles. The van der Waals surface area contributed by atoms with Crippen LogP contribution in [0.4, 0.5) is 4.39 Å². The molecule has 0 bridgehead atoms. The van der Waals surface area contributed by atoms with Crippen molar-refractivity contribution in [3.05, 3.63) is 0 Å². The topological polar surface area (TPSA) is 17.1 Å². The molecule has 4 heteroatoms. The van der Waals surface area contributed by atoms with Crippen LogP contribution in [-0.2, 0) is 4.79 Å². The fraction of sp³-hybridized carbons (Fsp3) is 0.500. The Balaban J connectivity index is 0. The third-order valence-electron chi connectivity index (χ3n) is 0.0891. The van der Waals surface area contributed by atoms with E-state index in [2.05, 4.69) is 11.6 Å². The molecule has 0 N–H and O–H groups in total. The molecule has 0 aliphatic rings. The van der Waals surface area contributed by atoms with Crippen LogP contribution in [0.3, 0.4) is 0 Å². The van der Waals surface area contributed by atoms with Crippen LogP contribution in [0.1, 0.15) is 0 Å². The summed E-state index contributed by atoms with van der Waals surface area (Å²) in [6.07, 6.45) is 0.877. The van der Waals surface area contributed by atoms with E-state index < -0.39 is 5.63 Å². The summed E-state index contributed by atoms with van der Waals surface area (Å²) in [4.78, 5) is 8.87. The first-order chi connectivity index (χ1) is 2.27. The van der Waals surface area contributed by atoms with Crippen molar-refractivity contribution in [1.29, 1.82) is 0 Å². The molecular weight excluding hydrogens is 117 g/mol. The van der Waals surface area contributed by atoms with Crippen molar-refractivity contribution < 1.29 is 38.7 Å². The van der Waals surface area contributed by atoms with E-state index in [4.69, 9.17) is 4.79 Å². The molecule has 0 spiro atoms. The summed E-state index contributed by atoms with van der Waals surface area (Å²) in [7, 11) is 0. The van der Waals surface area contributed by atoms with Gasteiger partial charge in [0.1, 0.15) is 0 Å². The molecular formula is C2HClFNaO. The second-order valence-electron chi connectivity index (χ2n) is 0.419. The summed E-state index contributed by atoms with van der Waals surface area (Å²) in [6.45, 7) is 0. The van der Waals surface area contributed by atoms with Gasteiger partial charge in [0.25, 0.3) is 0 Å². The SMILES string of the molecule is O=[C-]C(F)Cl.[Na+]. The normalized spacial score (nSPS) is 11.7. The van der Waals surface area contributed by atoms with Gasteiger partial charge in [0, 0.05) is 0 Å². The maximum absolute atomic E-state index is 10.8. The van der Waals surface area contributed by atoms with E-state index in [1.165, 1.54) is 0 Å². The van der Waals surface area contributed by atoms with Crippen molar-refractivity contribution in [3.63, 3.8) is 0 Å². The number of halogens is 2. The number of carbonyl (C=O) groups excluding carboxylic acids is 1. The van der Waals surface area contributed by atoms with E-state index in [0.29, 0.717) is 0 Å². The van der Waals surface area contributed by atoms with Crippen molar-refractivity contribution in [2.45, 2.75) is 5.63 Å². The van der Waals surface area contributed by atoms with Gasteiger partial charge in [-0.3, -0.25) is 4.39 Å². The van der Waals surface area contributed by atoms with Gasteiger partial charge in [0.2, 0.25) is 0 Å². The third-order valence-corrected chi connectivity index (χ3v) is 0.178. The zero-order valence-electron chi connectivity index (χ0n) is 3.24. The Hall–Kier alpha value is 0.890. The van der Waals surface area contributed by atoms with Crippen molar-refractivity contribution >= 4 is 17.9 Å². The first-order valence-electron chi connectivity index (χ1n) is 0.929. The maximum Gasteiger partial charge on any atom is 1.00 e. The molecule has 1 nitrogen and oxygen atoms in total. The summed E-state index contributed by atoms with van der Waals surface area (Å²) >= 11 is 4.37. The van der Waals surface area contributed by atoms with E-state index >= 15 is 0 Å². The van der Waals surface area contributed by atoms with Gasteiger partial charge in [-0.2, -0.15) is 0 Å². The minimum Gasteiger partial charge on any atom is -0.538 e. The molecule has 0 rings (SSSR count). The number of hydrogen-bond donors (Lipinski definition) is 0. The standard InChI is InChI=1S/C2HClFO.Na/c3-2(4)1-5;/h2H;/q-1;+1. The van der Waals surface area contributed by atoms with Gasteiger partial charge >= 0.3 is 29.6 Å². The molecule has 0 saturated carbocycles. The van der Waals surface area contributed by atoms with Crippen molar-refractivity contribution in [3.8, 4) is 0 Å². The third kappa shape index (κ3) is 8.86. The molecule has 0 aromatic carbocycles. The minimum atomic E-state index is -1.95. The average Bonchev–Trinajstić information content (AvgIpc) is 1.38. The van der Waals surface area contributed by atoms with Gasteiger partial charge in [-0.15, -0.1) is 11.6 Å².